The van der Waals surface area contributed by atoms with Crippen LogP contribution in [0.4, 0.5) is 0 Å². The first-order valence-electron chi connectivity index (χ1n) is 9.82. The summed E-state index contributed by atoms with van der Waals surface area (Å²) in [6, 6.07) is 0. The fourth-order valence-corrected chi connectivity index (χ4v) is 1.98. The Labute approximate surface area is 150 Å². The fraction of sp³-hybridized carbons (Fsp3) is 0.810. The van der Waals surface area contributed by atoms with Gasteiger partial charge in [0.2, 0.25) is 0 Å². The second-order valence-corrected chi connectivity index (χ2v) is 6.40. The Morgan fingerprint density at radius 2 is 1.33 bits per heavy atom. The second-order valence-electron chi connectivity index (χ2n) is 6.40. The minimum atomic E-state index is 0.181. The van der Waals surface area contributed by atoms with Crippen LogP contribution < -0.4 is 0 Å². The summed E-state index contributed by atoms with van der Waals surface area (Å²) in [5, 5.41) is 16.6. The third kappa shape index (κ3) is 17.6. The molecule has 144 valence electrons. The quantitative estimate of drug-likeness (QED) is 0.405. The molecule has 0 aromatic carbocycles. The molecule has 0 saturated heterocycles. The minimum Gasteiger partial charge on any atom is -0.473 e. The lowest BCUT2D eigenvalue weighted by Gasteiger charge is -2.05. The molecule has 1 atom stereocenters. The molecule has 0 bridgehead atoms. The number of aliphatic hydroxyl groups is 2. The molecule has 0 radical (unpaired) electrons. The number of unbranched alkanes of at least 4 members (excludes halogenated alkanes) is 2. The van der Waals surface area contributed by atoms with Crippen molar-refractivity contribution in [2.45, 2.75) is 92.4 Å². The van der Waals surface area contributed by atoms with Crippen molar-refractivity contribution in [2.75, 3.05) is 13.2 Å². The van der Waals surface area contributed by atoms with Gasteiger partial charge in [0.05, 0.1) is 12.5 Å². The van der Waals surface area contributed by atoms with Crippen molar-refractivity contribution in [1.29, 1.82) is 0 Å². The van der Waals surface area contributed by atoms with E-state index in [2.05, 4.69) is 27.7 Å². The monoisotopic (exact) mass is 342 g/mol. The summed E-state index contributed by atoms with van der Waals surface area (Å²) >= 11 is 0. The van der Waals surface area contributed by atoms with E-state index >= 15 is 0 Å². The van der Waals surface area contributed by atoms with Gasteiger partial charge in [0.25, 0.3) is 0 Å². The lowest BCUT2D eigenvalue weighted by atomic mass is 10.1. The van der Waals surface area contributed by atoms with Gasteiger partial charge in [-0.25, -0.2) is 0 Å². The maximum atomic E-state index is 8.35. The molecule has 24 heavy (non-hydrogen) atoms. The SMILES string of the molecule is CC(CO)CCO.CCCCC(=COC=C(CC)CCCC)CC. The molecule has 0 saturated carbocycles. The Morgan fingerprint density at radius 1 is 0.875 bits per heavy atom. The molecular formula is C21H42O3. The van der Waals surface area contributed by atoms with E-state index in [-0.39, 0.29) is 19.1 Å². The van der Waals surface area contributed by atoms with Crippen molar-refractivity contribution >= 4 is 0 Å². The Kier molecular flexibility index (Phi) is 21.5. The summed E-state index contributed by atoms with van der Waals surface area (Å²) in [4.78, 5) is 0. The zero-order valence-electron chi connectivity index (χ0n) is 16.8. The van der Waals surface area contributed by atoms with Crippen LogP contribution in [-0.4, -0.2) is 23.4 Å². The Hall–Kier alpha value is -0.800. The lowest BCUT2D eigenvalue weighted by molar-refractivity contribution is 0.194. The normalized spacial score (nSPS) is 13.3. The van der Waals surface area contributed by atoms with Crippen LogP contribution in [0.3, 0.4) is 0 Å². The zero-order valence-corrected chi connectivity index (χ0v) is 16.8. The van der Waals surface area contributed by atoms with E-state index in [1.54, 1.807) is 0 Å². The summed E-state index contributed by atoms with van der Waals surface area (Å²) in [6.07, 6.45) is 14.2. The standard InChI is InChI=1S/C16H30O.C5H12O2/c1-5-9-11-15(7-3)13-17-14-16(8-4)12-10-6-2;1-5(4-7)2-3-6/h13-14H,5-12H2,1-4H3;5-7H,2-4H2,1H3. The molecule has 0 aromatic rings. The molecule has 0 heterocycles. The summed E-state index contributed by atoms with van der Waals surface area (Å²) in [5.74, 6) is 0.255. The number of aliphatic hydroxyl groups excluding tert-OH is 2. The van der Waals surface area contributed by atoms with Crippen LogP contribution in [0.2, 0.25) is 0 Å². The first-order chi connectivity index (χ1) is 11.6. The van der Waals surface area contributed by atoms with Gasteiger partial charge in [0.1, 0.15) is 0 Å². The maximum absolute atomic E-state index is 8.35. The van der Waals surface area contributed by atoms with Crippen LogP contribution in [0.15, 0.2) is 23.7 Å². The van der Waals surface area contributed by atoms with Gasteiger partial charge in [-0.3, -0.25) is 0 Å². The molecule has 0 aliphatic rings. The maximum Gasteiger partial charge on any atom is 0.0893 e. The van der Waals surface area contributed by atoms with Gasteiger partial charge in [-0.05, 0) is 62.0 Å². The predicted molar refractivity (Wildman–Crippen MR) is 105 cm³/mol. The van der Waals surface area contributed by atoms with Crippen LogP contribution in [0, 0.1) is 5.92 Å². The van der Waals surface area contributed by atoms with Crippen molar-refractivity contribution in [1.82, 2.24) is 0 Å². The third-order valence-electron chi connectivity index (χ3n) is 4.01. The summed E-state index contributed by atoms with van der Waals surface area (Å²) < 4.78 is 5.61. The smallest absolute Gasteiger partial charge is 0.0893 e. The molecule has 1 unspecified atom stereocenters. The van der Waals surface area contributed by atoms with E-state index < -0.39 is 0 Å². The average molecular weight is 343 g/mol. The number of hydrogen-bond donors (Lipinski definition) is 2. The molecule has 0 aromatic heterocycles. The van der Waals surface area contributed by atoms with Crippen molar-refractivity contribution in [3.05, 3.63) is 23.7 Å². The highest BCUT2D eigenvalue weighted by Crippen LogP contribution is 2.14. The largest absolute Gasteiger partial charge is 0.473 e. The van der Waals surface area contributed by atoms with Crippen LogP contribution in [0.25, 0.3) is 0 Å². The average Bonchev–Trinajstić information content (AvgIpc) is 2.61. The first kappa shape index (κ1) is 25.4. The lowest BCUT2D eigenvalue weighted by Crippen LogP contribution is -2.01. The molecule has 3 nitrogen and oxygen atoms in total. The molecule has 0 aliphatic carbocycles. The van der Waals surface area contributed by atoms with Gasteiger partial charge in [0.15, 0.2) is 0 Å². The molecule has 0 rings (SSSR count). The van der Waals surface area contributed by atoms with Crippen LogP contribution in [0.1, 0.15) is 92.4 Å². The number of allylic oxidation sites excluding steroid dienone is 2. The molecule has 0 aliphatic heterocycles. The third-order valence-corrected chi connectivity index (χ3v) is 4.01. The van der Waals surface area contributed by atoms with E-state index in [0.717, 1.165) is 12.8 Å². The molecule has 0 spiro atoms. The molecule has 0 fully saturated rings. The predicted octanol–water partition coefficient (Wildman–Crippen LogP) is 5.97. The number of rotatable bonds is 13. The van der Waals surface area contributed by atoms with Crippen molar-refractivity contribution < 1.29 is 14.9 Å². The minimum absolute atomic E-state index is 0.181. The van der Waals surface area contributed by atoms with Gasteiger partial charge in [-0.1, -0.05) is 47.5 Å². The van der Waals surface area contributed by atoms with Crippen LogP contribution in [0.5, 0.6) is 0 Å². The molecule has 3 heteroatoms. The van der Waals surface area contributed by atoms with Crippen molar-refractivity contribution in [3.63, 3.8) is 0 Å². The summed E-state index contributed by atoms with van der Waals surface area (Å²) in [6.45, 7) is 11.1. The van der Waals surface area contributed by atoms with Gasteiger partial charge in [-0.15, -0.1) is 0 Å². The van der Waals surface area contributed by atoms with Gasteiger partial charge in [-0.2, -0.15) is 0 Å². The second kappa shape index (κ2) is 20.2. The first-order valence-corrected chi connectivity index (χ1v) is 9.82. The van der Waals surface area contributed by atoms with Crippen LogP contribution in [-0.2, 0) is 4.74 Å². The Bertz CT molecular complexity index is 284. The molecule has 0 amide bonds. The molecular weight excluding hydrogens is 300 g/mol. The van der Waals surface area contributed by atoms with E-state index in [1.165, 1.54) is 49.7 Å². The highest BCUT2D eigenvalue weighted by Gasteiger charge is 1.96. The summed E-state index contributed by atoms with van der Waals surface area (Å²) in [7, 11) is 0. The van der Waals surface area contributed by atoms with E-state index in [4.69, 9.17) is 14.9 Å². The number of ether oxygens (including phenoxy) is 1. The highest BCUT2D eigenvalue weighted by atomic mass is 16.5. The summed E-state index contributed by atoms with van der Waals surface area (Å²) in [5.41, 5.74) is 2.85. The van der Waals surface area contributed by atoms with E-state index in [0.29, 0.717) is 6.42 Å². The topological polar surface area (TPSA) is 49.7 Å². The zero-order chi connectivity index (χ0) is 18.6. The van der Waals surface area contributed by atoms with Crippen LogP contribution >= 0.6 is 0 Å². The van der Waals surface area contributed by atoms with Gasteiger partial charge in [0, 0.05) is 13.2 Å². The fourth-order valence-electron chi connectivity index (χ4n) is 1.98. The number of hydrogen-bond acceptors (Lipinski definition) is 3. The van der Waals surface area contributed by atoms with Crippen molar-refractivity contribution in [2.24, 2.45) is 5.92 Å². The molecule has 2 N–H and O–H groups in total. The van der Waals surface area contributed by atoms with E-state index in [1.807, 2.05) is 19.4 Å². The Morgan fingerprint density at radius 3 is 1.58 bits per heavy atom. The van der Waals surface area contributed by atoms with E-state index in [9.17, 15) is 0 Å². The van der Waals surface area contributed by atoms with Crippen molar-refractivity contribution in [3.8, 4) is 0 Å². The van der Waals surface area contributed by atoms with Gasteiger partial charge < -0.3 is 14.9 Å². The van der Waals surface area contributed by atoms with Gasteiger partial charge >= 0.3 is 0 Å². The highest BCUT2D eigenvalue weighted by molar-refractivity contribution is 5.01. The Balaban J connectivity index is 0.